The zero-order valence-corrected chi connectivity index (χ0v) is 26.4. The van der Waals surface area contributed by atoms with E-state index in [0.717, 1.165) is 0 Å². The van der Waals surface area contributed by atoms with Crippen molar-refractivity contribution in [3.63, 3.8) is 0 Å². The van der Waals surface area contributed by atoms with Crippen molar-refractivity contribution in [2.24, 2.45) is 11.8 Å². The molecule has 4 aromatic carbocycles. The summed E-state index contributed by atoms with van der Waals surface area (Å²) in [6.07, 6.45) is 19.0. The minimum Gasteiger partial charge on any atom is -0.355 e. The Labute approximate surface area is 273 Å². The van der Waals surface area contributed by atoms with Crippen molar-refractivity contribution in [1.82, 2.24) is 4.81 Å². The second-order valence-electron chi connectivity index (χ2n) is 14.3. The number of anilines is 3. The van der Waals surface area contributed by atoms with Gasteiger partial charge in [0, 0.05) is 29.0 Å². The zero-order chi connectivity index (χ0) is 30.6. The van der Waals surface area contributed by atoms with Crippen molar-refractivity contribution < 1.29 is 0 Å². The van der Waals surface area contributed by atoms with Gasteiger partial charge in [0.15, 0.2) is 0 Å². The number of rotatable bonds is 2. The second-order valence-corrected chi connectivity index (χ2v) is 14.3. The number of hydrogen-bond donors (Lipinski definition) is 0. The van der Waals surface area contributed by atoms with Crippen LogP contribution in [0.25, 0.3) is 0 Å². The van der Waals surface area contributed by atoms with E-state index < -0.39 is 0 Å². The minimum absolute atomic E-state index is 0.102. The lowest BCUT2D eigenvalue weighted by Crippen LogP contribution is -2.70. The van der Waals surface area contributed by atoms with E-state index in [-0.39, 0.29) is 36.3 Å². The fourth-order valence-electron chi connectivity index (χ4n) is 10.4. The standard InChI is InChI=1S/C42H38BN3/c1-28-16-6-11-24-35(28)45-37-26-13-9-21-32(37)39-38(45)30-19-7-10-23-34(30)43-42(2)27-15-14-22-33(42)41-40(46(39)43)31-20-8-12-25-36(31)44(41)29-17-4-3-5-18-29/h3-28,33,35,38-41H,1-2H3. The molecule has 1 saturated heterocycles. The molecular weight excluding hydrogens is 557 g/mol. The Hall–Kier alpha value is -4.54. The smallest absolute Gasteiger partial charge is 0.269 e. The molecule has 2 aliphatic carbocycles. The van der Waals surface area contributed by atoms with Crippen molar-refractivity contribution in [3.05, 3.63) is 168 Å². The lowest BCUT2D eigenvalue weighted by Gasteiger charge is -2.62. The summed E-state index contributed by atoms with van der Waals surface area (Å²) in [6, 6.07) is 40.4. The van der Waals surface area contributed by atoms with Crippen LogP contribution in [0.5, 0.6) is 0 Å². The van der Waals surface area contributed by atoms with Gasteiger partial charge in [0.25, 0.3) is 6.85 Å². The molecule has 224 valence electrons. The van der Waals surface area contributed by atoms with Gasteiger partial charge >= 0.3 is 0 Å². The van der Waals surface area contributed by atoms with Gasteiger partial charge in [0.2, 0.25) is 0 Å². The normalized spacial score (nSPS) is 32.7. The molecular formula is C42H38BN3. The Balaban J connectivity index is 1.27. The highest BCUT2D eigenvalue weighted by Gasteiger charge is 2.67. The SMILES string of the molecule is CC1C=CC=CC1N1c2ccccc2C2C1c1ccccc1B1N2C2c3ccccc3N(c3ccccc3)C2C2C=CC=CC12C. The number of allylic oxidation sites excluding steroid dienone is 5. The van der Waals surface area contributed by atoms with Crippen molar-refractivity contribution in [1.29, 1.82) is 0 Å². The van der Waals surface area contributed by atoms with Crippen LogP contribution in [0, 0.1) is 11.8 Å². The molecule has 10 rings (SSSR count). The number of fused-ring (bicyclic) bond motifs is 15. The largest absolute Gasteiger partial charge is 0.355 e. The van der Waals surface area contributed by atoms with Gasteiger partial charge in [0.05, 0.1) is 24.2 Å². The van der Waals surface area contributed by atoms with Crippen LogP contribution in [0.15, 0.2) is 152 Å². The molecule has 1 fully saturated rings. The molecule has 0 amide bonds. The molecule has 6 aliphatic rings. The molecule has 8 atom stereocenters. The summed E-state index contributed by atoms with van der Waals surface area (Å²) in [5, 5.41) is -0.102. The van der Waals surface area contributed by atoms with Gasteiger partial charge in [-0.15, -0.1) is 0 Å². The first-order valence-corrected chi connectivity index (χ1v) is 17.0. The first kappa shape index (κ1) is 26.7. The maximum Gasteiger partial charge on any atom is 0.269 e. The van der Waals surface area contributed by atoms with Gasteiger partial charge in [-0.3, -0.25) is 0 Å². The molecule has 0 aromatic heterocycles. The Kier molecular flexibility index (Phi) is 5.64. The van der Waals surface area contributed by atoms with Crippen molar-refractivity contribution >= 4 is 29.4 Å². The maximum absolute atomic E-state index is 3.01. The van der Waals surface area contributed by atoms with Crippen molar-refractivity contribution in [3.8, 4) is 0 Å². The van der Waals surface area contributed by atoms with Gasteiger partial charge in [-0.1, -0.05) is 147 Å². The predicted octanol–water partition coefficient (Wildman–Crippen LogP) is 8.71. The summed E-state index contributed by atoms with van der Waals surface area (Å²) in [6.45, 7) is 5.16. The molecule has 4 heteroatoms. The van der Waals surface area contributed by atoms with Gasteiger partial charge in [-0.2, -0.15) is 0 Å². The summed E-state index contributed by atoms with van der Waals surface area (Å²) in [5.41, 5.74) is 9.92. The summed E-state index contributed by atoms with van der Waals surface area (Å²) >= 11 is 0. The van der Waals surface area contributed by atoms with Gasteiger partial charge < -0.3 is 14.6 Å². The van der Waals surface area contributed by atoms with Crippen LogP contribution >= 0.6 is 0 Å². The molecule has 8 unspecified atom stereocenters. The molecule has 4 heterocycles. The Bertz CT molecular complexity index is 1980. The van der Waals surface area contributed by atoms with Crippen LogP contribution in [0.2, 0.25) is 5.31 Å². The number of benzene rings is 4. The summed E-state index contributed by atoms with van der Waals surface area (Å²) in [7, 11) is 0. The zero-order valence-electron chi connectivity index (χ0n) is 26.4. The first-order chi connectivity index (χ1) is 22.7. The van der Waals surface area contributed by atoms with Crippen LogP contribution < -0.4 is 15.3 Å². The number of nitrogens with zero attached hydrogens (tertiary/aromatic N) is 3. The summed E-state index contributed by atoms with van der Waals surface area (Å²) < 4.78 is 0. The van der Waals surface area contributed by atoms with Crippen molar-refractivity contribution in [2.45, 2.75) is 49.4 Å². The van der Waals surface area contributed by atoms with Crippen molar-refractivity contribution in [2.75, 3.05) is 9.80 Å². The molecule has 3 nitrogen and oxygen atoms in total. The monoisotopic (exact) mass is 595 g/mol. The van der Waals surface area contributed by atoms with Crippen LogP contribution in [-0.2, 0) is 0 Å². The maximum atomic E-state index is 3.01. The van der Waals surface area contributed by atoms with Crippen LogP contribution in [0.3, 0.4) is 0 Å². The topological polar surface area (TPSA) is 9.72 Å². The molecule has 0 N–H and O–H groups in total. The quantitative estimate of drug-likeness (QED) is 0.215. The molecule has 0 radical (unpaired) electrons. The van der Waals surface area contributed by atoms with Crippen LogP contribution in [0.1, 0.15) is 48.7 Å². The molecule has 0 spiro atoms. The third-order valence-electron chi connectivity index (χ3n) is 12.1. The third-order valence-corrected chi connectivity index (χ3v) is 12.1. The Morgan fingerprint density at radius 2 is 1.26 bits per heavy atom. The lowest BCUT2D eigenvalue weighted by atomic mass is 9.28. The van der Waals surface area contributed by atoms with Crippen LogP contribution in [0.4, 0.5) is 17.1 Å². The van der Waals surface area contributed by atoms with E-state index in [1.54, 1.807) is 0 Å². The van der Waals surface area contributed by atoms with Crippen LogP contribution in [-0.4, -0.2) is 23.7 Å². The van der Waals surface area contributed by atoms with Gasteiger partial charge in [-0.05, 0) is 52.2 Å². The molecule has 4 aromatic rings. The fraction of sp³-hybridized carbons (Fsp3) is 0.238. The molecule has 0 bridgehead atoms. The first-order valence-electron chi connectivity index (χ1n) is 17.0. The third kappa shape index (κ3) is 3.38. The summed E-state index contributed by atoms with van der Waals surface area (Å²) in [4.78, 5) is 8.48. The second kappa shape index (κ2) is 9.73. The fourth-order valence-corrected chi connectivity index (χ4v) is 10.4. The Morgan fingerprint density at radius 3 is 2.07 bits per heavy atom. The minimum atomic E-state index is -0.102. The molecule has 0 saturated carbocycles. The van der Waals surface area contributed by atoms with E-state index in [2.05, 4.69) is 180 Å². The average Bonchev–Trinajstić information content (AvgIpc) is 3.63. The lowest BCUT2D eigenvalue weighted by molar-refractivity contribution is 0.144. The van der Waals surface area contributed by atoms with E-state index in [0.29, 0.717) is 17.9 Å². The predicted molar refractivity (Wildman–Crippen MR) is 191 cm³/mol. The molecule has 46 heavy (non-hydrogen) atoms. The molecule has 4 aliphatic heterocycles. The number of hydrogen-bond acceptors (Lipinski definition) is 3. The van der Waals surface area contributed by atoms with Gasteiger partial charge in [-0.25, -0.2) is 0 Å². The highest BCUT2D eigenvalue weighted by molar-refractivity contribution is 6.75. The average molecular weight is 596 g/mol. The van der Waals surface area contributed by atoms with E-state index in [4.69, 9.17) is 0 Å². The van der Waals surface area contributed by atoms with Gasteiger partial charge in [0.1, 0.15) is 0 Å². The Morgan fingerprint density at radius 1 is 0.609 bits per heavy atom. The van der Waals surface area contributed by atoms with E-state index in [1.807, 2.05) is 0 Å². The van der Waals surface area contributed by atoms with E-state index in [1.165, 1.54) is 39.2 Å². The van der Waals surface area contributed by atoms with E-state index in [9.17, 15) is 0 Å². The number of para-hydroxylation sites is 3. The van der Waals surface area contributed by atoms with E-state index >= 15 is 0 Å². The highest BCUT2D eigenvalue weighted by atomic mass is 15.4. The summed E-state index contributed by atoms with van der Waals surface area (Å²) in [5.74, 6) is 0.755. The highest BCUT2D eigenvalue weighted by Crippen LogP contribution is 2.67.